The zero-order valence-corrected chi connectivity index (χ0v) is 7.57. The highest BCUT2D eigenvalue weighted by Gasteiger charge is 2.21. The lowest BCUT2D eigenvalue weighted by molar-refractivity contribution is 0.255. The molecule has 0 heterocycles. The molecule has 0 fully saturated rings. The molecule has 0 aromatic heterocycles. The summed E-state index contributed by atoms with van der Waals surface area (Å²) < 4.78 is 0. The van der Waals surface area contributed by atoms with Gasteiger partial charge in [-0.3, -0.25) is 11.3 Å². The van der Waals surface area contributed by atoms with E-state index in [1.165, 1.54) is 6.42 Å². The molecule has 0 radical (unpaired) electrons. The predicted molar refractivity (Wildman–Crippen MR) is 45.5 cm³/mol. The van der Waals surface area contributed by atoms with Crippen LogP contribution in [0.2, 0.25) is 0 Å². The Labute approximate surface area is 64.2 Å². The Morgan fingerprint density at radius 1 is 1.40 bits per heavy atom. The van der Waals surface area contributed by atoms with E-state index in [0.717, 1.165) is 6.42 Å². The van der Waals surface area contributed by atoms with Crippen molar-refractivity contribution in [3.63, 3.8) is 0 Å². The van der Waals surface area contributed by atoms with Gasteiger partial charge in [0, 0.05) is 6.04 Å². The minimum atomic E-state index is 0.282. The van der Waals surface area contributed by atoms with Crippen LogP contribution in [0.25, 0.3) is 0 Å². The molecule has 62 valence electrons. The number of rotatable bonds is 3. The fraction of sp³-hybridized carbons (Fsp3) is 1.00. The summed E-state index contributed by atoms with van der Waals surface area (Å²) in [6, 6.07) is 0.442. The molecule has 0 aliphatic rings. The van der Waals surface area contributed by atoms with Crippen LogP contribution in [0.15, 0.2) is 0 Å². The van der Waals surface area contributed by atoms with Crippen LogP contribution in [0.4, 0.5) is 0 Å². The summed E-state index contributed by atoms with van der Waals surface area (Å²) in [5.74, 6) is 5.39. The van der Waals surface area contributed by atoms with Crippen LogP contribution in [0.3, 0.4) is 0 Å². The van der Waals surface area contributed by atoms with Crippen LogP contribution in [0, 0.1) is 5.41 Å². The summed E-state index contributed by atoms with van der Waals surface area (Å²) in [5, 5.41) is 0. The van der Waals surface area contributed by atoms with Crippen LogP contribution in [-0.2, 0) is 0 Å². The summed E-state index contributed by atoms with van der Waals surface area (Å²) >= 11 is 0. The Morgan fingerprint density at radius 2 is 1.90 bits per heavy atom. The van der Waals surface area contributed by atoms with Crippen molar-refractivity contribution in [2.75, 3.05) is 0 Å². The molecule has 2 heteroatoms. The van der Waals surface area contributed by atoms with Crippen molar-refractivity contribution in [1.82, 2.24) is 5.43 Å². The van der Waals surface area contributed by atoms with Gasteiger partial charge < -0.3 is 0 Å². The molecule has 0 rings (SSSR count). The molecule has 0 aromatic carbocycles. The molecule has 0 spiro atoms. The molecule has 0 aromatic rings. The van der Waals surface area contributed by atoms with Gasteiger partial charge in [0.25, 0.3) is 0 Å². The first-order valence-corrected chi connectivity index (χ1v) is 3.98. The first kappa shape index (κ1) is 9.92. The van der Waals surface area contributed by atoms with E-state index >= 15 is 0 Å². The van der Waals surface area contributed by atoms with Gasteiger partial charge in [-0.1, -0.05) is 34.1 Å². The Bertz CT molecular complexity index is 83.7. The minimum absolute atomic E-state index is 0.282. The smallest absolute Gasteiger partial charge is 0.0258 e. The molecule has 0 saturated heterocycles. The van der Waals surface area contributed by atoms with Crippen LogP contribution < -0.4 is 11.3 Å². The summed E-state index contributed by atoms with van der Waals surface area (Å²) in [6.45, 7) is 8.78. The third-order valence-corrected chi connectivity index (χ3v) is 1.82. The second kappa shape index (κ2) is 3.94. The summed E-state index contributed by atoms with van der Waals surface area (Å²) in [7, 11) is 0. The fourth-order valence-corrected chi connectivity index (χ4v) is 1.06. The Kier molecular flexibility index (Phi) is 3.91. The maximum atomic E-state index is 5.39. The van der Waals surface area contributed by atoms with Crippen molar-refractivity contribution >= 4 is 0 Å². The van der Waals surface area contributed by atoms with Crippen LogP contribution in [-0.4, -0.2) is 6.04 Å². The molecule has 1 atom stereocenters. The van der Waals surface area contributed by atoms with Crippen molar-refractivity contribution in [2.24, 2.45) is 11.3 Å². The van der Waals surface area contributed by atoms with Crippen LogP contribution >= 0.6 is 0 Å². The van der Waals surface area contributed by atoms with E-state index in [4.69, 9.17) is 5.84 Å². The zero-order valence-electron chi connectivity index (χ0n) is 7.57. The molecule has 1 unspecified atom stereocenters. The first-order valence-electron chi connectivity index (χ1n) is 3.98. The summed E-state index contributed by atoms with van der Waals surface area (Å²) in [6.07, 6.45) is 2.34. The first-order chi connectivity index (χ1) is 4.52. The summed E-state index contributed by atoms with van der Waals surface area (Å²) in [5.41, 5.74) is 3.13. The lowest BCUT2D eigenvalue weighted by Crippen LogP contribution is -2.44. The maximum absolute atomic E-state index is 5.39. The number of nitrogens with one attached hydrogen (secondary N) is 1. The van der Waals surface area contributed by atoms with E-state index in [2.05, 4.69) is 33.1 Å². The SMILES string of the molecule is CCCC(NN)C(C)(C)C. The number of hydrazine groups is 1. The third kappa shape index (κ3) is 3.18. The molecular weight excluding hydrogens is 124 g/mol. The average molecular weight is 144 g/mol. The van der Waals surface area contributed by atoms with Gasteiger partial charge in [-0.05, 0) is 11.8 Å². The second-order valence-electron chi connectivity index (χ2n) is 3.87. The molecule has 0 aliphatic carbocycles. The standard InChI is InChI=1S/C8H20N2/c1-5-6-7(10-9)8(2,3)4/h7,10H,5-6,9H2,1-4H3. The minimum Gasteiger partial charge on any atom is -0.271 e. The highest BCUT2D eigenvalue weighted by molar-refractivity contribution is 4.77. The molecule has 0 bridgehead atoms. The van der Waals surface area contributed by atoms with Crippen LogP contribution in [0.1, 0.15) is 40.5 Å². The molecule has 3 N–H and O–H groups in total. The number of hydrogen-bond donors (Lipinski definition) is 2. The average Bonchev–Trinajstić information content (AvgIpc) is 1.80. The largest absolute Gasteiger partial charge is 0.271 e. The van der Waals surface area contributed by atoms with E-state index in [1.54, 1.807) is 0 Å². The van der Waals surface area contributed by atoms with Gasteiger partial charge >= 0.3 is 0 Å². The van der Waals surface area contributed by atoms with E-state index in [9.17, 15) is 0 Å². The van der Waals surface area contributed by atoms with Gasteiger partial charge in [0.15, 0.2) is 0 Å². The maximum Gasteiger partial charge on any atom is 0.0258 e. The van der Waals surface area contributed by atoms with Crippen LogP contribution in [0.5, 0.6) is 0 Å². The van der Waals surface area contributed by atoms with E-state index < -0.39 is 0 Å². The van der Waals surface area contributed by atoms with Gasteiger partial charge in [-0.25, -0.2) is 0 Å². The Morgan fingerprint density at radius 3 is 2.00 bits per heavy atom. The topological polar surface area (TPSA) is 38.0 Å². The van der Waals surface area contributed by atoms with Crippen molar-refractivity contribution in [3.05, 3.63) is 0 Å². The van der Waals surface area contributed by atoms with Crippen molar-refractivity contribution in [1.29, 1.82) is 0 Å². The van der Waals surface area contributed by atoms with Gasteiger partial charge in [-0.2, -0.15) is 0 Å². The molecule has 2 nitrogen and oxygen atoms in total. The lowest BCUT2D eigenvalue weighted by Gasteiger charge is -2.29. The fourth-order valence-electron chi connectivity index (χ4n) is 1.06. The molecular formula is C8H20N2. The normalized spacial score (nSPS) is 15.3. The van der Waals surface area contributed by atoms with E-state index in [1.807, 2.05) is 0 Å². The van der Waals surface area contributed by atoms with E-state index in [0.29, 0.717) is 6.04 Å². The molecule has 0 saturated carbocycles. The van der Waals surface area contributed by atoms with Gasteiger partial charge in [0.1, 0.15) is 0 Å². The highest BCUT2D eigenvalue weighted by Crippen LogP contribution is 2.21. The molecule has 10 heavy (non-hydrogen) atoms. The quantitative estimate of drug-likeness (QED) is 0.467. The Hall–Kier alpha value is -0.0800. The van der Waals surface area contributed by atoms with Crippen molar-refractivity contribution in [3.8, 4) is 0 Å². The third-order valence-electron chi connectivity index (χ3n) is 1.82. The van der Waals surface area contributed by atoms with Gasteiger partial charge in [0.05, 0.1) is 0 Å². The van der Waals surface area contributed by atoms with Crippen molar-refractivity contribution < 1.29 is 0 Å². The van der Waals surface area contributed by atoms with E-state index in [-0.39, 0.29) is 5.41 Å². The Balaban J connectivity index is 3.81. The summed E-state index contributed by atoms with van der Waals surface area (Å²) in [4.78, 5) is 0. The zero-order chi connectivity index (χ0) is 8.20. The molecule has 0 aliphatic heterocycles. The van der Waals surface area contributed by atoms with Crippen molar-refractivity contribution in [2.45, 2.75) is 46.6 Å². The monoisotopic (exact) mass is 144 g/mol. The predicted octanol–water partition coefficient (Wildman–Crippen LogP) is 1.66. The van der Waals surface area contributed by atoms with Gasteiger partial charge in [-0.15, -0.1) is 0 Å². The second-order valence-corrected chi connectivity index (χ2v) is 3.87. The van der Waals surface area contributed by atoms with Gasteiger partial charge in [0.2, 0.25) is 0 Å². The number of hydrogen-bond acceptors (Lipinski definition) is 2. The molecule has 0 amide bonds. The lowest BCUT2D eigenvalue weighted by atomic mass is 9.85. The highest BCUT2D eigenvalue weighted by atomic mass is 15.2. The number of nitrogens with two attached hydrogens (primary N) is 1.